The second kappa shape index (κ2) is 7.09. The molecule has 1 amide bonds. The minimum Gasteiger partial charge on any atom is -0.493 e. The number of amides is 1. The Morgan fingerprint density at radius 1 is 1.42 bits per heavy atom. The number of carbonyl (C=O) groups is 1. The number of ether oxygens (including phenoxy) is 1. The summed E-state index contributed by atoms with van der Waals surface area (Å²) < 4.78 is 18.0. The zero-order valence-electron chi connectivity index (χ0n) is 10.8. The highest BCUT2D eigenvalue weighted by Gasteiger charge is 2.14. The predicted octanol–water partition coefficient (Wildman–Crippen LogP) is 1.46. The van der Waals surface area contributed by atoms with Crippen molar-refractivity contribution >= 4 is 5.91 Å². The summed E-state index contributed by atoms with van der Waals surface area (Å²) >= 11 is 0. The molecule has 1 heterocycles. The van der Waals surface area contributed by atoms with Gasteiger partial charge in [-0.1, -0.05) is 0 Å². The Kier molecular flexibility index (Phi) is 5.15. The van der Waals surface area contributed by atoms with Crippen molar-refractivity contribution in [1.82, 2.24) is 10.6 Å². The number of rotatable bonds is 5. The van der Waals surface area contributed by atoms with E-state index in [1.54, 1.807) is 12.1 Å². The molecule has 1 atom stereocenters. The molecule has 1 fully saturated rings. The average Bonchev–Trinajstić information content (AvgIpc) is 2.42. The molecule has 2 rings (SSSR count). The highest BCUT2D eigenvalue weighted by atomic mass is 19.1. The molecule has 5 heteroatoms. The average molecular weight is 266 g/mol. The number of halogens is 1. The van der Waals surface area contributed by atoms with Crippen molar-refractivity contribution in [3.63, 3.8) is 0 Å². The second-order valence-corrected chi connectivity index (χ2v) is 4.66. The van der Waals surface area contributed by atoms with Crippen molar-refractivity contribution in [2.45, 2.75) is 25.3 Å². The Hall–Kier alpha value is -1.62. The summed E-state index contributed by atoms with van der Waals surface area (Å²) in [6.45, 7) is 2.17. The van der Waals surface area contributed by atoms with Crippen molar-refractivity contribution in [3.8, 4) is 5.75 Å². The van der Waals surface area contributed by atoms with Crippen molar-refractivity contribution in [1.29, 1.82) is 0 Å². The van der Waals surface area contributed by atoms with Crippen LogP contribution in [0.25, 0.3) is 0 Å². The number of hydrogen-bond acceptors (Lipinski definition) is 3. The molecule has 0 aliphatic carbocycles. The molecule has 4 nitrogen and oxygen atoms in total. The normalized spacial score (nSPS) is 18.9. The third-order valence-electron chi connectivity index (χ3n) is 3.07. The topological polar surface area (TPSA) is 50.4 Å². The van der Waals surface area contributed by atoms with Gasteiger partial charge in [0.15, 0.2) is 0 Å². The summed E-state index contributed by atoms with van der Waals surface area (Å²) in [5.74, 6) is 0.277. The largest absolute Gasteiger partial charge is 0.493 e. The molecule has 0 saturated carbocycles. The van der Waals surface area contributed by atoms with Gasteiger partial charge in [0.2, 0.25) is 5.91 Å². The Labute approximate surface area is 112 Å². The van der Waals surface area contributed by atoms with Gasteiger partial charge in [-0.2, -0.15) is 0 Å². The van der Waals surface area contributed by atoms with Crippen LogP contribution >= 0.6 is 0 Å². The summed E-state index contributed by atoms with van der Waals surface area (Å²) in [5, 5.41) is 6.22. The SMILES string of the molecule is O=C(CCOc1ccc(F)cc1)NC1CCCNC1. The maximum Gasteiger partial charge on any atom is 0.223 e. The highest BCUT2D eigenvalue weighted by Crippen LogP contribution is 2.11. The van der Waals surface area contributed by atoms with Gasteiger partial charge in [0.1, 0.15) is 11.6 Å². The molecule has 19 heavy (non-hydrogen) atoms. The van der Waals surface area contributed by atoms with Crippen LogP contribution < -0.4 is 15.4 Å². The molecule has 1 aromatic carbocycles. The van der Waals surface area contributed by atoms with E-state index in [0.717, 1.165) is 25.9 Å². The van der Waals surface area contributed by atoms with Gasteiger partial charge in [-0.15, -0.1) is 0 Å². The van der Waals surface area contributed by atoms with Crippen molar-refractivity contribution in [2.24, 2.45) is 0 Å². The number of piperidine rings is 1. The van der Waals surface area contributed by atoms with Crippen LogP contribution in [0.4, 0.5) is 4.39 Å². The lowest BCUT2D eigenvalue weighted by molar-refractivity contribution is -0.122. The highest BCUT2D eigenvalue weighted by molar-refractivity contribution is 5.76. The number of hydrogen-bond donors (Lipinski definition) is 2. The standard InChI is InChI=1S/C14H19FN2O2/c15-11-3-5-13(6-4-11)19-9-7-14(18)17-12-2-1-8-16-10-12/h3-6,12,16H,1-2,7-10H2,(H,17,18). The van der Waals surface area contributed by atoms with E-state index in [4.69, 9.17) is 4.74 Å². The fourth-order valence-electron chi connectivity index (χ4n) is 2.07. The molecule has 0 spiro atoms. The van der Waals surface area contributed by atoms with E-state index in [2.05, 4.69) is 10.6 Å². The quantitative estimate of drug-likeness (QED) is 0.848. The van der Waals surface area contributed by atoms with Crippen molar-refractivity contribution in [3.05, 3.63) is 30.1 Å². The summed E-state index contributed by atoms with van der Waals surface area (Å²) in [6, 6.07) is 6.01. The molecule has 2 N–H and O–H groups in total. The Morgan fingerprint density at radius 3 is 2.89 bits per heavy atom. The first-order chi connectivity index (χ1) is 9.24. The zero-order valence-corrected chi connectivity index (χ0v) is 10.8. The van der Waals surface area contributed by atoms with E-state index in [1.807, 2.05) is 0 Å². The molecule has 1 unspecified atom stereocenters. The molecule has 1 aliphatic heterocycles. The van der Waals surface area contributed by atoms with Crippen LogP contribution in [0.2, 0.25) is 0 Å². The van der Waals surface area contributed by atoms with Gasteiger partial charge in [0.05, 0.1) is 13.0 Å². The molecular weight excluding hydrogens is 247 g/mol. The first-order valence-corrected chi connectivity index (χ1v) is 6.62. The van der Waals surface area contributed by atoms with E-state index in [1.165, 1.54) is 12.1 Å². The van der Waals surface area contributed by atoms with Gasteiger partial charge in [-0.05, 0) is 43.7 Å². The smallest absolute Gasteiger partial charge is 0.223 e. The lowest BCUT2D eigenvalue weighted by Crippen LogP contribution is -2.45. The Morgan fingerprint density at radius 2 is 2.21 bits per heavy atom. The van der Waals surface area contributed by atoms with Gasteiger partial charge in [0.25, 0.3) is 0 Å². The second-order valence-electron chi connectivity index (χ2n) is 4.66. The lowest BCUT2D eigenvalue weighted by atomic mass is 10.1. The molecule has 0 bridgehead atoms. The van der Waals surface area contributed by atoms with Gasteiger partial charge < -0.3 is 15.4 Å². The first-order valence-electron chi connectivity index (χ1n) is 6.62. The molecule has 0 radical (unpaired) electrons. The third-order valence-corrected chi connectivity index (χ3v) is 3.07. The van der Waals surface area contributed by atoms with Crippen LogP contribution in [0.5, 0.6) is 5.75 Å². The van der Waals surface area contributed by atoms with E-state index < -0.39 is 0 Å². The molecule has 1 aliphatic rings. The van der Waals surface area contributed by atoms with Gasteiger partial charge in [-0.25, -0.2) is 4.39 Å². The lowest BCUT2D eigenvalue weighted by Gasteiger charge is -2.23. The summed E-state index contributed by atoms with van der Waals surface area (Å²) in [4.78, 5) is 11.7. The van der Waals surface area contributed by atoms with Gasteiger partial charge >= 0.3 is 0 Å². The minimum atomic E-state index is -0.296. The molecular formula is C14H19FN2O2. The van der Waals surface area contributed by atoms with E-state index in [-0.39, 0.29) is 17.8 Å². The molecule has 0 aromatic heterocycles. The van der Waals surface area contributed by atoms with Crippen LogP contribution in [0.15, 0.2) is 24.3 Å². The van der Waals surface area contributed by atoms with Crippen LogP contribution in [-0.4, -0.2) is 31.6 Å². The molecule has 104 valence electrons. The van der Waals surface area contributed by atoms with Crippen molar-refractivity contribution < 1.29 is 13.9 Å². The fourth-order valence-corrected chi connectivity index (χ4v) is 2.07. The minimum absolute atomic E-state index is 0.00388. The van der Waals surface area contributed by atoms with Gasteiger partial charge in [0, 0.05) is 12.6 Å². The van der Waals surface area contributed by atoms with E-state index in [9.17, 15) is 9.18 Å². The van der Waals surface area contributed by atoms with E-state index in [0.29, 0.717) is 18.8 Å². The fraction of sp³-hybridized carbons (Fsp3) is 0.500. The van der Waals surface area contributed by atoms with Gasteiger partial charge in [-0.3, -0.25) is 4.79 Å². The maximum absolute atomic E-state index is 12.7. The summed E-state index contributed by atoms with van der Waals surface area (Å²) in [6.07, 6.45) is 2.43. The first kappa shape index (κ1) is 13.8. The number of nitrogens with one attached hydrogen (secondary N) is 2. The maximum atomic E-state index is 12.7. The molecule has 1 saturated heterocycles. The van der Waals surface area contributed by atoms with Crippen LogP contribution in [0, 0.1) is 5.82 Å². The number of benzene rings is 1. The van der Waals surface area contributed by atoms with Crippen molar-refractivity contribution in [2.75, 3.05) is 19.7 Å². The Balaban J connectivity index is 1.64. The summed E-state index contributed by atoms with van der Waals surface area (Å²) in [5.41, 5.74) is 0. The Bertz CT molecular complexity index is 402. The van der Waals surface area contributed by atoms with Crippen LogP contribution in [0.3, 0.4) is 0 Å². The third kappa shape index (κ3) is 4.87. The molecule has 1 aromatic rings. The van der Waals surface area contributed by atoms with E-state index >= 15 is 0 Å². The number of carbonyl (C=O) groups excluding carboxylic acids is 1. The monoisotopic (exact) mass is 266 g/mol. The zero-order chi connectivity index (χ0) is 13.5. The predicted molar refractivity (Wildman–Crippen MR) is 70.5 cm³/mol. The summed E-state index contributed by atoms with van der Waals surface area (Å²) in [7, 11) is 0. The van der Waals surface area contributed by atoms with Crippen LogP contribution in [0.1, 0.15) is 19.3 Å². The van der Waals surface area contributed by atoms with Crippen LogP contribution in [-0.2, 0) is 4.79 Å².